The van der Waals surface area contributed by atoms with Gasteiger partial charge in [0.1, 0.15) is 5.75 Å². The van der Waals surface area contributed by atoms with Gasteiger partial charge in [-0.1, -0.05) is 12.1 Å². The Labute approximate surface area is 167 Å². The molecule has 0 saturated carbocycles. The summed E-state index contributed by atoms with van der Waals surface area (Å²) in [6, 6.07) is 8.88. The van der Waals surface area contributed by atoms with Crippen molar-refractivity contribution >= 4 is 21.6 Å². The number of hydrogen-bond acceptors (Lipinski definition) is 4. The lowest BCUT2D eigenvalue weighted by Crippen LogP contribution is -2.18. The Morgan fingerprint density at radius 1 is 1.10 bits per heavy atom. The summed E-state index contributed by atoms with van der Waals surface area (Å²) in [7, 11) is -2.24. The summed E-state index contributed by atoms with van der Waals surface area (Å²) in [4.78, 5) is 12.3. The van der Waals surface area contributed by atoms with Crippen molar-refractivity contribution in [3.63, 3.8) is 0 Å². The molecule has 0 spiro atoms. The van der Waals surface area contributed by atoms with Gasteiger partial charge in [-0.25, -0.2) is 13.1 Å². The molecule has 2 aromatic carbocycles. The van der Waals surface area contributed by atoms with Crippen molar-refractivity contribution in [1.29, 1.82) is 0 Å². The molecule has 1 amide bonds. The predicted octanol–water partition coefficient (Wildman–Crippen LogP) is 3.58. The number of nitrogens with one attached hydrogen (secondary N) is 2. The topological polar surface area (TPSA) is 84.5 Å². The highest BCUT2D eigenvalue weighted by molar-refractivity contribution is 7.89. The monoisotopic (exact) mass is 430 g/mol. The average molecular weight is 430 g/mol. The molecule has 0 aliphatic carbocycles. The molecule has 158 valence electrons. The van der Waals surface area contributed by atoms with Crippen LogP contribution in [0.2, 0.25) is 0 Å². The van der Waals surface area contributed by atoms with Gasteiger partial charge in [-0.05, 0) is 56.3 Å². The molecule has 0 aliphatic rings. The summed E-state index contributed by atoms with van der Waals surface area (Å²) < 4.78 is 69.7. The second kappa shape index (κ2) is 9.27. The largest absolute Gasteiger partial charge is 0.492 e. The Balaban J connectivity index is 2.07. The molecule has 0 heterocycles. The smallest absolute Gasteiger partial charge is 0.416 e. The fraction of sp³-hybridized carbons (Fsp3) is 0.316. The van der Waals surface area contributed by atoms with E-state index in [1.807, 2.05) is 0 Å². The van der Waals surface area contributed by atoms with Gasteiger partial charge in [0.25, 0.3) is 0 Å². The van der Waals surface area contributed by atoms with Crippen molar-refractivity contribution in [3.8, 4) is 5.75 Å². The lowest BCUT2D eigenvalue weighted by Gasteiger charge is -2.14. The summed E-state index contributed by atoms with van der Waals surface area (Å²) in [5.41, 5.74) is -0.232. The van der Waals surface area contributed by atoms with Crippen LogP contribution < -0.4 is 14.8 Å². The summed E-state index contributed by atoms with van der Waals surface area (Å²) in [6.07, 6.45) is -4.26. The normalized spacial score (nSPS) is 11.9. The molecule has 6 nitrogen and oxygen atoms in total. The lowest BCUT2D eigenvalue weighted by atomic mass is 10.1. The molecule has 0 saturated heterocycles. The summed E-state index contributed by atoms with van der Waals surface area (Å²) in [6.45, 7) is 1.91. The van der Waals surface area contributed by atoms with E-state index in [1.165, 1.54) is 25.2 Å². The average Bonchev–Trinajstić information content (AvgIpc) is 2.67. The first-order chi connectivity index (χ1) is 13.6. The van der Waals surface area contributed by atoms with E-state index >= 15 is 0 Å². The maximum atomic E-state index is 12.9. The number of anilines is 1. The Morgan fingerprint density at radius 2 is 1.76 bits per heavy atom. The van der Waals surface area contributed by atoms with Crippen LogP contribution in [0, 0.1) is 0 Å². The fourth-order valence-corrected chi connectivity index (χ4v) is 3.24. The Bertz CT molecular complexity index is 958. The molecule has 0 aromatic heterocycles. The molecule has 0 unspecified atom stereocenters. The van der Waals surface area contributed by atoms with Gasteiger partial charge in [-0.15, -0.1) is 0 Å². The Kier molecular flexibility index (Phi) is 7.26. The predicted molar refractivity (Wildman–Crippen MR) is 102 cm³/mol. The van der Waals surface area contributed by atoms with E-state index in [0.29, 0.717) is 5.56 Å². The molecule has 0 atom stereocenters. The molecule has 2 aromatic rings. The molecule has 0 aliphatic heterocycles. The molecule has 0 bridgehead atoms. The third-order valence-electron chi connectivity index (χ3n) is 4.02. The number of hydrogen-bond donors (Lipinski definition) is 2. The highest BCUT2D eigenvalue weighted by Crippen LogP contribution is 2.35. The van der Waals surface area contributed by atoms with Crippen molar-refractivity contribution < 1.29 is 31.1 Å². The molecular weight excluding hydrogens is 409 g/mol. The Morgan fingerprint density at radius 3 is 2.31 bits per heavy atom. The van der Waals surface area contributed by atoms with Crippen LogP contribution in [0.4, 0.5) is 18.9 Å². The van der Waals surface area contributed by atoms with Crippen molar-refractivity contribution in [2.75, 3.05) is 19.0 Å². The minimum absolute atomic E-state index is 0.0000646. The molecule has 10 heteroatoms. The van der Waals surface area contributed by atoms with E-state index in [9.17, 15) is 26.4 Å². The van der Waals surface area contributed by atoms with E-state index in [4.69, 9.17) is 4.74 Å². The molecule has 0 fully saturated rings. The van der Waals surface area contributed by atoms with Crippen LogP contribution in [-0.4, -0.2) is 28.0 Å². The highest BCUT2D eigenvalue weighted by Gasteiger charge is 2.31. The highest BCUT2D eigenvalue weighted by atomic mass is 32.2. The number of amides is 1. The number of ether oxygens (including phenoxy) is 1. The quantitative estimate of drug-likeness (QED) is 0.671. The van der Waals surface area contributed by atoms with E-state index in [-0.39, 0.29) is 35.8 Å². The first-order valence-electron chi connectivity index (χ1n) is 8.73. The third kappa shape index (κ3) is 6.20. The minimum atomic E-state index is -4.54. The van der Waals surface area contributed by atoms with Crippen LogP contribution in [-0.2, 0) is 27.4 Å². The van der Waals surface area contributed by atoms with Crippen molar-refractivity contribution in [1.82, 2.24) is 4.72 Å². The fourth-order valence-electron chi connectivity index (χ4n) is 2.51. The molecular formula is C19H21F3N2O4S. The number of carbonyl (C=O) groups is 1. The van der Waals surface area contributed by atoms with Gasteiger partial charge >= 0.3 is 6.18 Å². The number of rotatable bonds is 8. The lowest BCUT2D eigenvalue weighted by molar-refractivity contribution is -0.137. The van der Waals surface area contributed by atoms with Crippen LogP contribution in [0.1, 0.15) is 24.5 Å². The van der Waals surface area contributed by atoms with Crippen LogP contribution in [0.3, 0.4) is 0 Å². The first-order valence-corrected chi connectivity index (χ1v) is 10.2. The molecule has 0 radical (unpaired) electrons. The number of sulfonamides is 1. The van der Waals surface area contributed by atoms with E-state index in [2.05, 4.69) is 10.0 Å². The molecule has 2 rings (SSSR count). The summed E-state index contributed by atoms with van der Waals surface area (Å²) in [5, 5.41) is 2.45. The van der Waals surface area contributed by atoms with E-state index < -0.39 is 27.7 Å². The van der Waals surface area contributed by atoms with Gasteiger partial charge in [0.2, 0.25) is 15.9 Å². The van der Waals surface area contributed by atoms with Crippen molar-refractivity contribution in [2.45, 2.75) is 30.8 Å². The second-order valence-electron chi connectivity index (χ2n) is 6.04. The van der Waals surface area contributed by atoms with Crippen LogP contribution in [0.25, 0.3) is 0 Å². The number of alkyl halides is 3. The maximum Gasteiger partial charge on any atom is 0.416 e. The van der Waals surface area contributed by atoms with Crippen LogP contribution in [0.5, 0.6) is 5.75 Å². The number of benzene rings is 2. The second-order valence-corrected chi connectivity index (χ2v) is 7.93. The van der Waals surface area contributed by atoms with Crippen LogP contribution in [0.15, 0.2) is 47.4 Å². The zero-order valence-electron chi connectivity index (χ0n) is 15.8. The zero-order chi connectivity index (χ0) is 21.7. The molecule has 29 heavy (non-hydrogen) atoms. The van der Waals surface area contributed by atoms with Crippen molar-refractivity contribution in [3.05, 3.63) is 53.6 Å². The van der Waals surface area contributed by atoms with Gasteiger partial charge in [0.05, 0.1) is 22.8 Å². The van der Waals surface area contributed by atoms with Crippen molar-refractivity contribution in [2.24, 2.45) is 0 Å². The SMILES string of the molecule is CCOc1ccc(C(F)(F)F)cc1NC(=O)CCc1ccc(S(=O)(=O)NC)cc1. The third-order valence-corrected chi connectivity index (χ3v) is 5.45. The standard InChI is InChI=1S/C19H21F3N2O4S/c1-3-28-17-10-7-14(19(20,21)22)12-16(17)24-18(25)11-6-13-4-8-15(9-5-13)29(26,27)23-2/h4-5,7-10,12,23H,3,6,11H2,1-2H3,(H,24,25). The first kappa shape index (κ1) is 22.7. The maximum absolute atomic E-state index is 12.9. The van der Waals surface area contributed by atoms with Gasteiger partial charge < -0.3 is 10.1 Å². The summed E-state index contributed by atoms with van der Waals surface area (Å²) >= 11 is 0. The minimum Gasteiger partial charge on any atom is -0.492 e. The van der Waals surface area contributed by atoms with E-state index in [0.717, 1.165) is 12.1 Å². The number of carbonyl (C=O) groups excluding carboxylic acids is 1. The zero-order valence-corrected chi connectivity index (χ0v) is 16.7. The van der Waals surface area contributed by atoms with Gasteiger partial charge in [0.15, 0.2) is 0 Å². The van der Waals surface area contributed by atoms with Gasteiger partial charge in [-0.3, -0.25) is 4.79 Å². The summed E-state index contributed by atoms with van der Waals surface area (Å²) in [5.74, 6) is -0.340. The number of halogens is 3. The number of aryl methyl sites for hydroxylation is 1. The van der Waals surface area contributed by atoms with E-state index in [1.54, 1.807) is 19.1 Å². The molecule has 2 N–H and O–H groups in total. The van der Waals surface area contributed by atoms with Gasteiger partial charge in [0, 0.05) is 6.42 Å². The Hall–Kier alpha value is -2.59. The van der Waals surface area contributed by atoms with Gasteiger partial charge in [-0.2, -0.15) is 13.2 Å². The van der Waals surface area contributed by atoms with Crippen LogP contribution >= 0.6 is 0 Å².